The standard InChI is InChI=1S/C25H33N3OSi.C19H19N3O/c1-18-20(10-8-11-23(18)26)22-17-28(24-13-12-19(27-5)16-21(22)24)14-9-15-29-30(6,7)25(2,3)4;1-13-15(5-3-6-18(13)20)17-12-22(9-4-10-23)19-8-7-14(21-2)11-16(17)19/h8,10-13,16-17H,9,14-15,26H2,1-4,6-7H3;3,5-8,11-12,23H,4,9-10,20H2,1H3. The first-order chi connectivity index (χ1) is 25.2. The molecule has 5 N–H and O–H groups in total. The highest BCUT2D eigenvalue weighted by atomic mass is 28.4. The SMILES string of the molecule is [C-]#[N+]c1ccc2c(c1)c(-c1cccc(N)c1C)cn2CCCO.[C-]#[N+]c1ccc2c(c1)c(-c1cccc(N)c1C)cn2CCCO[Si](C)(C)C(C)(C)C. The molecule has 53 heavy (non-hydrogen) atoms. The van der Waals surface area contributed by atoms with Crippen molar-refractivity contribution in [2.75, 3.05) is 24.7 Å². The van der Waals surface area contributed by atoms with Crippen LogP contribution in [0.4, 0.5) is 22.7 Å². The van der Waals surface area contributed by atoms with Crippen molar-refractivity contribution in [3.8, 4) is 22.3 Å². The van der Waals surface area contributed by atoms with E-state index in [2.05, 4.69) is 90.2 Å². The summed E-state index contributed by atoms with van der Waals surface area (Å²) in [5.41, 5.74) is 23.8. The molecule has 0 amide bonds. The number of rotatable bonds is 10. The third-order valence-electron chi connectivity index (χ3n) is 10.7. The number of aliphatic hydroxyl groups is 1. The third-order valence-corrected chi connectivity index (χ3v) is 15.2. The van der Waals surface area contributed by atoms with Gasteiger partial charge in [0.2, 0.25) is 0 Å². The van der Waals surface area contributed by atoms with Crippen LogP contribution >= 0.6 is 0 Å². The molecule has 0 aliphatic rings. The van der Waals surface area contributed by atoms with Crippen molar-refractivity contribution in [2.24, 2.45) is 0 Å². The van der Waals surface area contributed by atoms with Crippen LogP contribution in [-0.2, 0) is 17.5 Å². The van der Waals surface area contributed by atoms with Crippen LogP contribution in [0.2, 0.25) is 18.1 Å². The van der Waals surface area contributed by atoms with Crippen LogP contribution in [0, 0.1) is 27.0 Å². The Hall–Kier alpha value is -5.32. The van der Waals surface area contributed by atoms with Crippen LogP contribution in [0.3, 0.4) is 0 Å². The molecule has 6 aromatic rings. The summed E-state index contributed by atoms with van der Waals surface area (Å²) in [5.74, 6) is 0. The molecule has 0 bridgehead atoms. The van der Waals surface area contributed by atoms with Crippen molar-refractivity contribution in [3.63, 3.8) is 0 Å². The monoisotopic (exact) mass is 724 g/mol. The fourth-order valence-electron chi connectivity index (χ4n) is 6.42. The lowest BCUT2D eigenvalue weighted by atomic mass is 9.99. The maximum absolute atomic E-state index is 9.12. The summed E-state index contributed by atoms with van der Waals surface area (Å²) in [5, 5.41) is 11.5. The van der Waals surface area contributed by atoms with E-state index in [1.54, 1.807) is 0 Å². The summed E-state index contributed by atoms with van der Waals surface area (Å²) in [6, 6.07) is 23.6. The third kappa shape index (κ3) is 8.34. The van der Waals surface area contributed by atoms with E-state index in [1.165, 1.54) is 0 Å². The second-order valence-electron chi connectivity index (χ2n) is 15.2. The van der Waals surface area contributed by atoms with E-state index in [1.807, 2.05) is 61.5 Å². The van der Waals surface area contributed by atoms with E-state index in [0.29, 0.717) is 17.8 Å². The first kappa shape index (κ1) is 38.9. The summed E-state index contributed by atoms with van der Waals surface area (Å²) in [6.45, 7) is 32.7. The van der Waals surface area contributed by atoms with E-state index in [4.69, 9.17) is 34.1 Å². The number of nitrogens with two attached hydrogens (primary N) is 2. The van der Waals surface area contributed by atoms with Crippen LogP contribution in [0.25, 0.3) is 53.7 Å². The second-order valence-corrected chi connectivity index (χ2v) is 20.0. The number of fused-ring (bicyclic) bond motifs is 2. The van der Waals surface area contributed by atoms with Gasteiger partial charge in [0.05, 0.1) is 13.1 Å². The fourth-order valence-corrected chi connectivity index (χ4v) is 7.51. The minimum Gasteiger partial charge on any atom is -0.417 e. The highest BCUT2D eigenvalue weighted by Crippen LogP contribution is 2.39. The molecule has 8 nitrogen and oxygen atoms in total. The van der Waals surface area contributed by atoms with Gasteiger partial charge >= 0.3 is 0 Å². The Bertz CT molecular complexity index is 2330. The van der Waals surface area contributed by atoms with Gasteiger partial charge in [-0.2, -0.15) is 0 Å². The summed E-state index contributed by atoms with van der Waals surface area (Å²) in [4.78, 5) is 7.17. The van der Waals surface area contributed by atoms with E-state index in [9.17, 15) is 0 Å². The van der Waals surface area contributed by atoms with Crippen molar-refractivity contribution in [1.82, 2.24) is 9.13 Å². The first-order valence-corrected chi connectivity index (χ1v) is 21.1. The van der Waals surface area contributed by atoms with Crippen molar-refractivity contribution in [3.05, 3.63) is 119 Å². The lowest BCUT2D eigenvalue weighted by molar-refractivity contribution is 0.276. The van der Waals surface area contributed by atoms with Crippen molar-refractivity contribution < 1.29 is 9.53 Å². The average Bonchev–Trinajstić information content (AvgIpc) is 3.68. The van der Waals surface area contributed by atoms with Crippen LogP contribution in [0.15, 0.2) is 85.2 Å². The molecule has 274 valence electrons. The van der Waals surface area contributed by atoms with Crippen molar-refractivity contribution in [2.45, 2.75) is 78.7 Å². The number of nitrogens with zero attached hydrogens (tertiary/aromatic N) is 4. The predicted molar refractivity (Wildman–Crippen MR) is 225 cm³/mol. The Labute approximate surface area is 315 Å². The van der Waals surface area contributed by atoms with Gasteiger partial charge in [-0.15, -0.1) is 0 Å². The molecule has 0 aliphatic heterocycles. The van der Waals surface area contributed by atoms with Gasteiger partial charge < -0.3 is 30.1 Å². The highest BCUT2D eigenvalue weighted by Gasteiger charge is 2.36. The molecular weight excluding hydrogens is 673 g/mol. The number of hydrogen-bond donors (Lipinski definition) is 3. The predicted octanol–water partition coefficient (Wildman–Crippen LogP) is 11.3. The molecular formula is C44H52N6O2Si. The molecule has 0 aliphatic carbocycles. The lowest BCUT2D eigenvalue weighted by Crippen LogP contribution is -2.41. The van der Waals surface area contributed by atoms with Crippen LogP contribution in [0.5, 0.6) is 0 Å². The number of aryl methyl sites for hydroxylation is 2. The Morgan fingerprint density at radius 1 is 0.698 bits per heavy atom. The molecule has 0 unspecified atom stereocenters. The number of anilines is 2. The number of aliphatic hydroxyl groups excluding tert-OH is 1. The Balaban J connectivity index is 0.000000211. The molecule has 0 radical (unpaired) electrons. The second kappa shape index (κ2) is 16.1. The molecule has 0 saturated carbocycles. The molecule has 2 heterocycles. The summed E-state index contributed by atoms with van der Waals surface area (Å²) < 4.78 is 10.8. The molecule has 2 aromatic heterocycles. The van der Waals surface area contributed by atoms with E-state index in [0.717, 1.165) is 92.7 Å². The molecule has 6 rings (SSSR count). The zero-order valence-corrected chi connectivity index (χ0v) is 33.1. The Kier molecular flexibility index (Phi) is 11.8. The van der Waals surface area contributed by atoms with Gasteiger partial charge in [0, 0.05) is 72.2 Å². The van der Waals surface area contributed by atoms with Crippen LogP contribution in [0.1, 0.15) is 44.7 Å². The summed E-state index contributed by atoms with van der Waals surface area (Å²) in [7, 11) is -1.73. The van der Waals surface area contributed by atoms with Crippen molar-refractivity contribution >= 4 is 52.9 Å². The summed E-state index contributed by atoms with van der Waals surface area (Å²) in [6.07, 6.45) is 5.95. The van der Waals surface area contributed by atoms with Gasteiger partial charge in [-0.05, 0) is 114 Å². The van der Waals surface area contributed by atoms with Gasteiger partial charge in [0.25, 0.3) is 0 Å². The Morgan fingerprint density at radius 2 is 1.15 bits per heavy atom. The molecule has 0 fully saturated rings. The fraction of sp³-hybridized carbons (Fsp3) is 0.318. The van der Waals surface area contributed by atoms with Gasteiger partial charge in [-0.1, -0.05) is 57.2 Å². The molecule has 4 aromatic carbocycles. The zero-order valence-electron chi connectivity index (χ0n) is 32.1. The Morgan fingerprint density at radius 3 is 1.57 bits per heavy atom. The molecule has 0 atom stereocenters. The van der Waals surface area contributed by atoms with E-state index >= 15 is 0 Å². The molecule has 0 spiro atoms. The van der Waals surface area contributed by atoms with Gasteiger partial charge in [0.15, 0.2) is 19.7 Å². The number of nitrogen functional groups attached to an aromatic ring is 2. The number of benzene rings is 4. The lowest BCUT2D eigenvalue weighted by Gasteiger charge is -2.36. The maximum Gasteiger partial charge on any atom is 0.191 e. The van der Waals surface area contributed by atoms with Gasteiger partial charge in [-0.3, -0.25) is 0 Å². The zero-order chi connectivity index (χ0) is 38.5. The smallest absolute Gasteiger partial charge is 0.191 e. The van der Waals surface area contributed by atoms with Crippen molar-refractivity contribution in [1.29, 1.82) is 0 Å². The first-order valence-electron chi connectivity index (χ1n) is 18.2. The quantitative estimate of drug-likeness (QED) is 0.0567. The van der Waals surface area contributed by atoms with Gasteiger partial charge in [0.1, 0.15) is 0 Å². The maximum atomic E-state index is 9.12. The number of aromatic nitrogens is 2. The molecule has 9 heteroatoms. The average molecular weight is 725 g/mol. The minimum absolute atomic E-state index is 0.159. The van der Waals surface area contributed by atoms with E-state index < -0.39 is 8.32 Å². The largest absolute Gasteiger partial charge is 0.417 e. The normalized spacial score (nSPS) is 11.7. The van der Waals surface area contributed by atoms with Crippen LogP contribution in [-0.4, -0.2) is 35.8 Å². The van der Waals surface area contributed by atoms with Crippen LogP contribution < -0.4 is 11.5 Å². The molecule has 0 saturated heterocycles. The highest BCUT2D eigenvalue weighted by molar-refractivity contribution is 6.74. The topological polar surface area (TPSA) is 100 Å². The minimum atomic E-state index is -1.73. The summed E-state index contributed by atoms with van der Waals surface area (Å²) >= 11 is 0. The van der Waals surface area contributed by atoms with Gasteiger partial charge in [-0.25, -0.2) is 9.69 Å². The number of hydrogen-bond acceptors (Lipinski definition) is 4. The van der Waals surface area contributed by atoms with E-state index in [-0.39, 0.29) is 11.6 Å².